The van der Waals surface area contributed by atoms with Gasteiger partial charge < -0.3 is 24.9 Å². The van der Waals surface area contributed by atoms with Gasteiger partial charge in [0.2, 0.25) is 0 Å². The number of carboxylic acid groups (broad SMARTS) is 1. The average Bonchev–Trinajstić information content (AvgIpc) is 3.04. The molecule has 0 fully saturated rings. The van der Waals surface area contributed by atoms with Gasteiger partial charge in [0.25, 0.3) is 0 Å². The van der Waals surface area contributed by atoms with E-state index in [4.69, 9.17) is 14.6 Å². The lowest BCUT2D eigenvalue weighted by Gasteiger charge is -2.15. The molecule has 0 aliphatic heterocycles. The van der Waals surface area contributed by atoms with E-state index >= 15 is 0 Å². The summed E-state index contributed by atoms with van der Waals surface area (Å²) in [5, 5.41) is 11.7. The van der Waals surface area contributed by atoms with E-state index in [2.05, 4.69) is 15.3 Å². The highest BCUT2D eigenvalue weighted by Gasteiger charge is 2.19. The third-order valence-electron chi connectivity index (χ3n) is 3.93. The molecule has 130 valence electrons. The van der Waals surface area contributed by atoms with Crippen LogP contribution >= 0.6 is 0 Å². The fourth-order valence-electron chi connectivity index (χ4n) is 2.66. The molecule has 3 rings (SSSR count). The van der Waals surface area contributed by atoms with Crippen LogP contribution < -0.4 is 14.8 Å². The van der Waals surface area contributed by atoms with Crippen molar-refractivity contribution in [3.05, 3.63) is 53.9 Å². The molecule has 1 amide bonds. The number of amides is 1. The first-order valence-electron chi connectivity index (χ1n) is 7.75. The number of hydrogen-bond donors (Lipinski definition) is 3. The van der Waals surface area contributed by atoms with Crippen molar-refractivity contribution in [2.45, 2.75) is 12.5 Å². The lowest BCUT2D eigenvalue weighted by molar-refractivity contribution is 0.189. The maximum Gasteiger partial charge on any atom is 0.405 e. The number of H-pyrrole nitrogens is 1. The molecular weight excluding hydrogens is 322 g/mol. The Kier molecular flexibility index (Phi) is 4.74. The zero-order chi connectivity index (χ0) is 17.8. The van der Waals surface area contributed by atoms with Gasteiger partial charge >= 0.3 is 6.09 Å². The molecule has 0 bridgehead atoms. The Hall–Kier alpha value is -3.22. The van der Waals surface area contributed by atoms with E-state index in [1.54, 1.807) is 14.2 Å². The number of ether oxygens (including phenoxy) is 2. The molecule has 7 heteroatoms. The number of imidazole rings is 1. The standard InChI is InChI=1S/C18H19N3O4/c1-24-12-5-3-11(4-6-12)9-16(21-18(22)23)17-19-14-8-7-13(25-2)10-15(14)20-17/h3-8,10,16,21H,9H2,1-2H3,(H,19,20)(H,22,23)/t16-/m1/s1. The second-order valence-corrected chi connectivity index (χ2v) is 5.56. The largest absolute Gasteiger partial charge is 0.497 e. The van der Waals surface area contributed by atoms with Gasteiger partial charge in [-0.15, -0.1) is 0 Å². The summed E-state index contributed by atoms with van der Waals surface area (Å²) in [4.78, 5) is 18.9. The molecule has 0 aliphatic carbocycles. The van der Waals surface area contributed by atoms with Crippen molar-refractivity contribution >= 4 is 17.1 Å². The van der Waals surface area contributed by atoms with E-state index in [1.165, 1.54) is 0 Å². The molecule has 0 saturated heterocycles. The first-order chi connectivity index (χ1) is 12.1. The molecule has 25 heavy (non-hydrogen) atoms. The number of methoxy groups -OCH3 is 2. The molecule has 0 radical (unpaired) electrons. The van der Waals surface area contributed by atoms with Crippen molar-refractivity contribution in [3.63, 3.8) is 0 Å². The fraction of sp³-hybridized carbons (Fsp3) is 0.222. The number of hydrogen-bond acceptors (Lipinski definition) is 4. The smallest absolute Gasteiger partial charge is 0.405 e. The van der Waals surface area contributed by atoms with Gasteiger partial charge in [-0.05, 0) is 29.8 Å². The first kappa shape index (κ1) is 16.6. The van der Waals surface area contributed by atoms with E-state index < -0.39 is 12.1 Å². The number of fused-ring (bicyclic) bond motifs is 1. The minimum Gasteiger partial charge on any atom is -0.497 e. The van der Waals surface area contributed by atoms with E-state index in [0.29, 0.717) is 18.0 Å². The molecule has 3 N–H and O–H groups in total. The summed E-state index contributed by atoms with van der Waals surface area (Å²) in [5.74, 6) is 2.02. The molecule has 1 aromatic heterocycles. The Bertz CT molecular complexity index is 874. The number of aromatic nitrogens is 2. The molecule has 0 unspecified atom stereocenters. The molecule has 1 atom stereocenters. The summed E-state index contributed by atoms with van der Waals surface area (Å²) in [6.45, 7) is 0. The van der Waals surface area contributed by atoms with Crippen molar-refractivity contribution in [3.8, 4) is 11.5 Å². The minimum atomic E-state index is -1.10. The lowest BCUT2D eigenvalue weighted by Crippen LogP contribution is -2.29. The van der Waals surface area contributed by atoms with Gasteiger partial charge in [0.1, 0.15) is 17.3 Å². The third-order valence-corrected chi connectivity index (χ3v) is 3.93. The second kappa shape index (κ2) is 7.12. The van der Waals surface area contributed by atoms with Crippen molar-refractivity contribution in [2.24, 2.45) is 0 Å². The number of nitrogens with zero attached hydrogens (tertiary/aromatic N) is 1. The average molecular weight is 341 g/mol. The van der Waals surface area contributed by atoms with Crippen LogP contribution in [-0.4, -0.2) is 35.4 Å². The van der Waals surface area contributed by atoms with Crippen molar-refractivity contribution in [1.82, 2.24) is 15.3 Å². The Morgan fingerprint density at radius 2 is 1.84 bits per heavy atom. The molecule has 2 aromatic carbocycles. The van der Waals surface area contributed by atoms with Crippen LogP contribution in [0.5, 0.6) is 11.5 Å². The van der Waals surface area contributed by atoms with Gasteiger partial charge in [-0.25, -0.2) is 9.78 Å². The minimum absolute atomic E-state index is 0.466. The maximum atomic E-state index is 11.2. The normalized spacial score (nSPS) is 11.9. The lowest BCUT2D eigenvalue weighted by atomic mass is 10.1. The van der Waals surface area contributed by atoms with Gasteiger partial charge in [-0.2, -0.15) is 0 Å². The first-order valence-corrected chi connectivity index (χ1v) is 7.75. The Balaban J connectivity index is 1.90. The molecule has 0 aliphatic rings. The summed E-state index contributed by atoms with van der Waals surface area (Å²) in [6, 6.07) is 12.5. The third kappa shape index (κ3) is 3.82. The molecule has 0 spiro atoms. The summed E-state index contributed by atoms with van der Waals surface area (Å²) in [5.41, 5.74) is 2.52. The van der Waals surface area contributed by atoms with Crippen LogP contribution in [-0.2, 0) is 6.42 Å². The van der Waals surface area contributed by atoms with Crippen molar-refractivity contribution in [1.29, 1.82) is 0 Å². The van der Waals surface area contributed by atoms with E-state index in [-0.39, 0.29) is 0 Å². The monoisotopic (exact) mass is 341 g/mol. The quantitative estimate of drug-likeness (QED) is 0.640. The molecule has 7 nitrogen and oxygen atoms in total. The molecule has 3 aromatic rings. The summed E-state index contributed by atoms with van der Waals surface area (Å²) >= 11 is 0. The number of carbonyl (C=O) groups is 1. The maximum absolute atomic E-state index is 11.2. The van der Waals surface area contributed by atoms with Crippen molar-refractivity contribution < 1.29 is 19.4 Å². The highest BCUT2D eigenvalue weighted by Crippen LogP contribution is 2.23. The van der Waals surface area contributed by atoms with Crippen LogP contribution in [0.2, 0.25) is 0 Å². The summed E-state index contributed by atoms with van der Waals surface area (Å²) in [6.07, 6.45) is -0.635. The van der Waals surface area contributed by atoms with Gasteiger partial charge in [0.05, 0.1) is 31.3 Å². The van der Waals surface area contributed by atoms with Crippen LogP contribution in [0.4, 0.5) is 4.79 Å². The highest BCUT2D eigenvalue weighted by molar-refractivity contribution is 5.77. The van der Waals surface area contributed by atoms with E-state index in [9.17, 15) is 4.79 Å². The number of benzene rings is 2. The summed E-state index contributed by atoms with van der Waals surface area (Å²) in [7, 11) is 3.20. The van der Waals surface area contributed by atoms with Crippen LogP contribution in [0.25, 0.3) is 11.0 Å². The Morgan fingerprint density at radius 3 is 2.48 bits per heavy atom. The zero-order valence-corrected chi connectivity index (χ0v) is 13.9. The van der Waals surface area contributed by atoms with Gasteiger partial charge in [0.15, 0.2) is 0 Å². The van der Waals surface area contributed by atoms with Gasteiger partial charge in [0, 0.05) is 12.5 Å². The molecule has 0 saturated carbocycles. The number of nitrogens with one attached hydrogen (secondary N) is 2. The fourth-order valence-corrected chi connectivity index (χ4v) is 2.66. The van der Waals surface area contributed by atoms with Crippen LogP contribution in [0.3, 0.4) is 0 Å². The molecule has 1 heterocycles. The number of rotatable bonds is 6. The second-order valence-electron chi connectivity index (χ2n) is 5.56. The number of aromatic amines is 1. The van der Waals surface area contributed by atoms with E-state index in [1.807, 2.05) is 42.5 Å². The van der Waals surface area contributed by atoms with Crippen LogP contribution in [0.15, 0.2) is 42.5 Å². The Labute approximate surface area is 144 Å². The van der Waals surface area contributed by atoms with Gasteiger partial charge in [-0.3, -0.25) is 0 Å². The Morgan fingerprint density at radius 1 is 1.16 bits per heavy atom. The van der Waals surface area contributed by atoms with Gasteiger partial charge in [-0.1, -0.05) is 12.1 Å². The zero-order valence-electron chi connectivity index (χ0n) is 13.9. The van der Waals surface area contributed by atoms with E-state index in [0.717, 1.165) is 22.3 Å². The summed E-state index contributed by atoms with van der Waals surface area (Å²) < 4.78 is 10.3. The van der Waals surface area contributed by atoms with Crippen LogP contribution in [0.1, 0.15) is 17.4 Å². The molecular formula is C18H19N3O4. The van der Waals surface area contributed by atoms with Crippen LogP contribution in [0, 0.1) is 0 Å². The SMILES string of the molecule is COc1ccc(C[C@@H](NC(=O)O)c2nc3ccc(OC)cc3[nH]2)cc1. The predicted octanol–water partition coefficient (Wildman–Crippen LogP) is 3.13. The van der Waals surface area contributed by atoms with Crippen molar-refractivity contribution in [2.75, 3.05) is 14.2 Å². The highest BCUT2D eigenvalue weighted by atomic mass is 16.5. The predicted molar refractivity (Wildman–Crippen MR) is 93.2 cm³/mol. The topological polar surface area (TPSA) is 96.5 Å².